The van der Waals surface area contributed by atoms with Crippen LogP contribution in [0.1, 0.15) is 78.6 Å². The molecule has 0 aromatic heterocycles. The smallest absolute Gasteiger partial charge is 0.0113 e. The fourth-order valence-electron chi connectivity index (χ4n) is 4.30. The Morgan fingerprint density at radius 1 is 1.05 bits per heavy atom. The van der Waals surface area contributed by atoms with E-state index in [-0.39, 0.29) is 0 Å². The molecule has 1 aliphatic heterocycles. The summed E-state index contributed by atoms with van der Waals surface area (Å²) in [4.78, 5) is 0. The lowest BCUT2D eigenvalue weighted by atomic mass is 9.77. The van der Waals surface area contributed by atoms with Gasteiger partial charge < -0.3 is 10.6 Å². The van der Waals surface area contributed by atoms with E-state index in [1.807, 2.05) is 0 Å². The van der Waals surface area contributed by atoms with E-state index in [4.69, 9.17) is 0 Å². The zero-order valence-corrected chi connectivity index (χ0v) is 14.0. The number of hydrogen-bond donors (Lipinski definition) is 2. The molecule has 0 bridgehead atoms. The Labute approximate surface area is 126 Å². The Balaban J connectivity index is 1.85. The van der Waals surface area contributed by atoms with Crippen molar-refractivity contribution in [1.82, 2.24) is 10.6 Å². The number of nitrogens with one attached hydrogen (secondary N) is 2. The van der Waals surface area contributed by atoms with Gasteiger partial charge in [-0.05, 0) is 57.4 Å². The van der Waals surface area contributed by atoms with Crippen LogP contribution in [0.2, 0.25) is 0 Å². The molecule has 20 heavy (non-hydrogen) atoms. The molecule has 0 aromatic rings. The largest absolute Gasteiger partial charge is 0.314 e. The number of rotatable bonds is 6. The minimum absolute atomic E-state index is 0.680. The van der Waals surface area contributed by atoms with Crippen LogP contribution in [0.15, 0.2) is 0 Å². The summed E-state index contributed by atoms with van der Waals surface area (Å²) in [7, 11) is 0. The first-order valence-electron chi connectivity index (χ1n) is 9.20. The van der Waals surface area contributed by atoms with E-state index in [9.17, 15) is 0 Å². The Morgan fingerprint density at radius 3 is 2.50 bits per heavy atom. The summed E-state index contributed by atoms with van der Waals surface area (Å²) >= 11 is 0. The highest BCUT2D eigenvalue weighted by Gasteiger charge is 2.32. The normalized spacial score (nSPS) is 34.6. The molecule has 1 saturated carbocycles. The van der Waals surface area contributed by atoms with Gasteiger partial charge in [0.25, 0.3) is 0 Å². The van der Waals surface area contributed by atoms with E-state index in [0.29, 0.717) is 6.04 Å². The first kappa shape index (κ1) is 16.3. The molecule has 2 aliphatic rings. The van der Waals surface area contributed by atoms with E-state index in [0.717, 1.165) is 23.9 Å². The van der Waals surface area contributed by atoms with Crippen molar-refractivity contribution in [1.29, 1.82) is 0 Å². The molecule has 5 atom stereocenters. The molecule has 0 aromatic carbocycles. The van der Waals surface area contributed by atoms with Crippen molar-refractivity contribution in [3.63, 3.8) is 0 Å². The van der Waals surface area contributed by atoms with Gasteiger partial charge >= 0.3 is 0 Å². The van der Waals surface area contributed by atoms with Crippen LogP contribution in [-0.2, 0) is 0 Å². The lowest BCUT2D eigenvalue weighted by Crippen LogP contribution is -2.52. The summed E-state index contributed by atoms with van der Waals surface area (Å²) in [5.41, 5.74) is 0. The minimum Gasteiger partial charge on any atom is -0.314 e. The van der Waals surface area contributed by atoms with Crippen molar-refractivity contribution in [2.24, 2.45) is 11.8 Å². The van der Waals surface area contributed by atoms with Gasteiger partial charge in [-0.15, -0.1) is 0 Å². The van der Waals surface area contributed by atoms with E-state index >= 15 is 0 Å². The monoisotopic (exact) mass is 280 g/mol. The topological polar surface area (TPSA) is 24.1 Å². The lowest BCUT2D eigenvalue weighted by Gasteiger charge is -2.41. The predicted molar refractivity (Wildman–Crippen MR) is 88.1 cm³/mol. The Hall–Kier alpha value is -0.0800. The lowest BCUT2D eigenvalue weighted by molar-refractivity contribution is 0.169. The zero-order valence-electron chi connectivity index (χ0n) is 14.0. The van der Waals surface area contributed by atoms with Gasteiger partial charge in [-0.25, -0.2) is 0 Å². The first-order valence-corrected chi connectivity index (χ1v) is 9.20. The van der Waals surface area contributed by atoms with Crippen LogP contribution in [-0.4, -0.2) is 24.7 Å². The first-order chi connectivity index (χ1) is 9.70. The highest BCUT2D eigenvalue weighted by atomic mass is 15.0. The van der Waals surface area contributed by atoms with Gasteiger partial charge in [-0.3, -0.25) is 0 Å². The molecule has 0 amide bonds. The Kier molecular flexibility index (Phi) is 6.83. The molecular weight excluding hydrogens is 244 g/mol. The van der Waals surface area contributed by atoms with E-state index in [1.165, 1.54) is 64.3 Å². The summed E-state index contributed by atoms with van der Waals surface area (Å²) in [6, 6.07) is 2.23. The van der Waals surface area contributed by atoms with Crippen molar-refractivity contribution in [2.75, 3.05) is 6.54 Å². The Morgan fingerprint density at radius 2 is 1.80 bits per heavy atom. The Bertz CT molecular complexity index is 260. The third-order valence-electron chi connectivity index (χ3n) is 5.64. The van der Waals surface area contributed by atoms with Crippen molar-refractivity contribution in [3.05, 3.63) is 0 Å². The van der Waals surface area contributed by atoms with Gasteiger partial charge in [0.1, 0.15) is 0 Å². The second-order valence-electron chi connectivity index (χ2n) is 7.43. The fraction of sp³-hybridized carbons (Fsp3) is 1.00. The molecule has 2 N–H and O–H groups in total. The predicted octanol–water partition coefficient (Wildman–Crippen LogP) is 4.10. The fourth-order valence-corrected chi connectivity index (χ4v) is 4.30. The summed E-state index contributed by atoms with van der Waals surface area (Å²) in [6.45, 7) is 8.34. The van der Waals surface area contributed by atoms with Crippen LogP contribution < -0.4 is 10.6 Å². The minimum atomic E-state index is 0.680. The van der Waals surface area contributed by atoms with Gasteiger partial charge in [0.05, 0.1) is 0 Å². The van der Waals surface area contributed by atoms with Crippen molar-refractivity contribution in [2.45, 2.75) is 96.7 Å². The highest BCUT2D eigenvalue weighted by Crippen LogP contribution is 2.31. The molecule has 1 saturated heterocycles. The number of piperidine rings is 1. The van der Waals surface area contributed by atoms with Gasteiger partial charge in [0, 0.05) is 18.1 Å². The maximum absolute atomic E-state index is 3.99. The van der Waals surface area contributed by atoms with Crippen LogP contribution in [0.3, 0.4) is 0 Å². The quantitative estimate of drug-likeness (QED) is 0.765. The zero-order chi connectivity index (χ0) is 14.4. The molecule has 1 heterocycles. The van der Waals surface area contributed by atoms with E-state index in [1.54, 1.807) is 0 Å². The summed E-state index contributed by atoms with van der Waals surface area (Å²) in [5, 5.41) is 7.80. The second-order valence-corrected chi connectivity index (χ2v) is 7.43. The highest BCUT2D eigenvalue weighted by molar-refractivity contribution is 4.91. The van der Waals surface area contributed by atoms with E-state index < -0.39 is 0 Å². The maximum Gasteiger partial charge on any atom is 0.0113 e. The third-order valence-corrected chi connectivity index (χ3v) is 5.64. The van der Waals surface area contributed by atoms with Gasteiger partial charge in [-0.1, -0.05) is 39.5 Å². The van der Waals surface area contributed by atoms with Crippen LogP contribution in [0.5, 0.6) is 0 Å². The molecule has 0 radical (unpaired) electrons. The number of hydrogen-bond acceptors (Lipinski definition) is 2. The van der Waals surface area contributed by atoms with Crippen LogP contribution >= 0.6 is 0 Å². The van der Waals surface area contributed by atoms with Crippen LogP contribution in [0, 0.1) is 11.8 Å². The molecule has 0 spiro atoms. The SMILES string of the molecule is CCC(C)CC(C)NC1CCCCC1C1CCCCN1. The maximum atomic E-state index is 3.99. The molecule has 5 unspecified atom stereocenters. The van der Waals surface area contributed by atoms with Crippen molar-refractivity contribution >= 4 is 0 Å². The molecule has 2 nitrogen and oxygen atoms in total. The van der Waals surface area contributed by atoms with Gasteiger partial charge in [-0.2, -0.15) is 0 Å². The molecule has 2 rings (SSSR count). The standard InChI is InChI=1S/C18H36N2/c1-4-14(2)13-15(3)20-18-11-6-5-9-16(18)17-10-7-8-12-19-17/h14-20H,4-13H2,1-3H3. The van der Waals surface area contributed by atoms with Crippen molar-refractivity contribution < 1.29 is 0 Å². The molecule has 118 valence electrons. The molecule has 1 aliphatic carbocycles. The summed E-state index contributed by atoms with van der Waals surface area (Å²) in [5.74, 6) is 1.73. The van der Waals surface area contributed by atoms with Gasteiger partial charge in [0.2, 0.25) is 0 Å². The van der Waals surface area contributed by atoms with Gasteiger partial charge in [0.15, 0.2) is 0 Å². The molecule has 2 heteroatoms. The average Bonchev–Trinajstić information content (AvgIpc) is 2.48. The second kappa shape index (κ2) is 8.38. The summed E-state index contributed by atoms with van der Waals surface area (Å²) in [6.07, 6.45) is 12.6. The molecule has 2 fully saturated rings. The van der Waals surface area contributed by atoms with Crippen LogP contribution in [0.25, 0.3) is 0 Å². The van der Waals surface area contributed by atoms with Crippen molar-refractivity contribution in [3.8, 4) is 0 Å². The average molecular weight is 280 g/mol. The molecular formula is C18H36N2. The van der Waals surface area contributed by atoms with E-state index in [2.05, 4.69) is 31.4 Å². The third kappa shape index (κ3) is 4.73. The summed E-state index contributed by atoms with van der Waals surface area (Å²) < 4.78 is 0. The van der Waals surface area contributed by atoms with Crippen LogP contribution in [0.4, 0.5) is 0 Å².